The van der Waals surface area contributed by atoms with Gasteiger partial charge in [0.25, 0.3) is 0 Å². The Morgan fingerprint density at radius 1 is 0.325 bits per heavy atom. The number of hydrogen-bond acceptors (Lipinski definition) is 18. The summed E-state index contributed by atoms with van der Waals surface area (Å²) in [4.78, 5) is 59.7. The molecule has 6 saturated heterocycles. The summed E-state index contributed by atoms with van der Waals surface area (Å²) in [7, 11) is 17.6. The van der Waals surface area contributed by atoms with Crippen molar-refractivity contribution in [3.8, 4) is 0 Å². The standard InChI is InChI=1S/C28H40N6.C27H37N5O.C25H35N5.C24H33N5/c1-22-10-9-15-29-27(22)25-13-8-14-26(32(25)3)28-30-23-11-4-5-12-24(23)34(28)17-7-6-16-33-20-18-31(2)19-21-33;1-21-9-8-14-28-26(21)24-12-7-13-25(30(24)2)27-29-22-10-3-4-11-23(22)32(27)16-6-5-15-31-17-19-33-20-18-31;1-19-11-10-16-26-24(19)22-14-9-15-23(29(22)4)25-27-20-12-5-6-13-21(20)30(25)18-8-7-17-28(2)3;1-18-10-9-16-26-23(18)21-13-8-14-22(28(21)3)24-27-19-11-4-5-12-20(19)29(24)17-7-6-15-25-2/h4-5,9-12,15,25-26H,6-8,13-14,16-21H2,1-3H3;3-4,8-11,14,24-25H,5-7,12-13,15-20H2,1-2H3;5-6,10-13,16,22-23H,7-9,14-15,17-18H2,1-4H3;4-5,9-12,16,21-22,25H,6-8,13-15,17H2,1-3H3/t25-,26+;24-,25+;22-,23+;21-,22+/m0000/s1. The van der Waals surface area contributed by atoms with E-state index in [1.54, 1.807) is 0 Å². The molecule has 0 spiro atoms. The Morgan fingerprint density at radius 2 is 0.603 bits per heavy atom. The number of piperazine rings is 1. The van der Waals surface area contributed by atoms with Crippen LogP contribution in [0, 0.1) is 27.7 Å². The highest BCUT2D eigenvalue weighted by Gasteiger charge is 2.39. The van der Waals surface area contributed by atoms with Crippen molar-refractivity contribution in [2.45, 2.75) is 231 Å². The zero-order valence-electron chi connectivity index (χ0n) is 78.1. The Bertz CT molecular complexity index is 5380. The van der Waals surface area contributed by atoms with E-state index in [9.17, 15) is 0 Å². The second-order valence-corrected chi connectivity index (χ2v) is 37.1. The summed E-state index contributed by atoms with van der Waals surface area (Å²) in [6.45, 7) is 26.1. The number of imidazole rings is 4. The normalized spacial score (nSPS) is 21.7. The lowest BCUT2D eigenvalue weighted by Gasteiger charge is -2.39. The summed E-state index contributed by atoms with van der Waals surface area (Å²) in [5.41, 5.74) is 19.6. The highest BCUT2D eigenvalue weighted by atomic mass is 16.5. The Kier molecular flexibility index (Phi) is 32.6. The molecule has 126 heavy (non-hydrogen) atoms. The lowest BCUT2D eigenvalue weighted by atomic mass is 9.92. The van der Waals surface area contributed by atoms with Gasteiger partial charge in [-0.25, -0.2) is 19.9 Å². The molecule has 0 aliphatic carbocycles. The van der Waals surface area contributed by atoms with Gasteiger partial charge in [-0.2, -0.15) is 0 Å². The van der Waals surface area contributed by atoms with E-state index in [2.05, 4.69) is 261 Å². The number of hydrogen-bond donors (Lipinski definition) is 1. The molecular weight excluding hydrogens is 1560 g/mol. The highest BCUT2D eigenvalue weighted by Crippen LogP contribution is 2.46. The van der Waals surface area contributed by atoms with Crippen molar-refractivity contribution in [3.63, 3.8) is 0 Å². The summed E-state index contributed by atoms with van der Waals surface area (Å²) in [5, 5.41) is 3.26. The zero-order valence-corrected chi connectivity index (χ0v) is 78.1. The summed E-state index contributed by atoms with van der Waals surface area (Å²) in [6, 6.07) is 54.1. The van der Waals surface area contributed by atoms with Gasteiger partial charge in [-0.3, -0.25) is 44.4 Å². The molecule has 8 atom stereocenters. The van der Waals surface area contributed by atoms with Crippen molar-refractivity contribution in [1.29, 1.82) is 0 Å². The molecule has 6 aliphatic heterocycles. The van der Waals surface area contributed by atoms with Crippen LogP contribution in [0.25, 0.3) is 44.1 Å². The van der Waals surface area contributed by atoms with Crippen LogP contribution in [0.5, 0.6) is 0 Å². The maximum Gasteiger partial charge on any atom is 0.127 e. The van der Waals surface area contributed by atoms with Crippen molar-refractivity contribution in [1.82, 2.24) is 103 Å². The molecule has 6 aliphatic rings. The van der Waals surface area contributed by atoms with E-state index < -0.39 is 0 Å². The Hall–Kier alpha value is -9.04. The molecule has 22 nitrogen and oxygen atoms in total. The van der Waals surface area contributed by atoms with Crippen molar-refractivity contribution >= 4 is 44.1 Å². The lowest BCUT2D eigenvalue weighted by molar-refractivity contribution is 0.0370. The zero-order chi connectivity index (χ0) is 87.4. The number of ether oxygens (including phenoxy) is 1. The van der Waals surface area contributed by atoms with Gasteiger partial charge in [-0.05, 0) is 334 Å². The molecule has 4 aromatic carbocycles. The maximum absolute atomic E-state index is 5.49. The molecule has 22 heteroatoms. The second kappa shape index (κ2) is 44.8. The van der Waals surface area contributed by atoms with Gasteiger partial charge < -0.3 is 43.0 Å². The SMILES string of the molecule is CNCCCCn1c([C@H]2CCC[C@@H](c3ncccc3C)N2C)nc2ccccc21.Cc1cccnc1[C@@H]1CCC[C@H](c2nc3ccccc3n2CCCCN(C)C)N1C.Cc1cccnc1[C@@H]1CCC[C@H](c2nc3ccccc3n2CCCCN2CCN(C)CC2)N1C.Cc1cccnc1[C@@H]1CCC[C@H](c2nc3ccccc3n2CCCCN2CCOCC2)N1C. The van der Waals surface area contributed by atoms with Crippen LogP contribution in [0.3, 0.4) is 0 Å². The molecule has 18 rings (SSSR count). The average molecular weight is 1710 g/mol. The van der Waals surface area contributed by atoms with E-state index in [1.165, 1.54) is 194 Å². The molecule has 672 valence electrons. The van der Waals surface area contributed by atoms with Gasteiger partial charge in [0, 0.05) is 90.2 Å². The number of unbranched alkanes of at least 4 members (excludes halogenated alkanes) is 4. The van der Waals surface area contributed by atoms with Crippen LogP contribution in [0.4, 0.5) is 0 Å². The number of benzene rings is 4. The molecule has 0 unspecified atom stereocenters. The summed E-state index contributed by atoms with van der Waals surface area (Å²) >= 11 is 0. The predicted octanol–water partition coefficient (Wildman–Crippen LogP) is 19.0. The first-order valence-electron chi connectivity index (χ1n) is 47.9. The van der Waals surface area contributed by atoms with E-state index in [0.29, 0.717) is 48.3 Å². The number of nitrogens with zero attached hydrogens (tertiary/aromatic N) is 20. The van der Waals surface area contributed by atoms with Gasteiger partial charge in [-0.1, -0.05) is 72.8 Å². The van der Waals surface area contributed by atoms with E-state index in [0.717, 1.165) is 152 Å². The smallest absolute Gasteiger partial charge is 0.127 e. The van der Waals surface area contributed by atoms with Crippen molar-refractivity contribution in [3.05, 3.63) is 239 Å². The second-order valence-electron chi connectivity index (χ2n) is 37.1. The van der Waals surface area contributed by atoms with Crippen LogP contribution in [0.1, 0.15) is 245 Å². The molecule has 6 fully saturated rings. The molecular formula is C104H145N21O. The molecule has 0 saturated carbocycles. The van der Waals surface area contributed by atoms with Gasteiger partial charge in [-0.15, -0.1) is 0 Å². The van der Waals surface area contributed by atoms with Crippen LogP contribution in [-0.2, 0) is 30.9 Å². The number of aryl methyl sites for hydroxylation is 8. The van der Waals surface area contributed by atoms with Crippen LogP contribution in [-0.4, -0.2) is 232 Å². The number of pyridine rings is 4. The first kappa shape index (κ1) is 91.7. The molecule has 0 bridgehead atoms. The summed E-state index contributed by atoms with van der Waals surface area (Å²) < 4.78 is 15.5. The summed E-state index contributed by atoms with van der Waals surface area (Å²) in [5.74, 6) is 4.91. The molecule has 0 radical (unpaired) electrons. The third-order valence-electron chi connectivity index (χ3n) is 28.4. The minimum atomic E-state index is 0.316. The minimum Gasteiger partial charge on any atom is -0.379 e. The number of likely N-dealkylation sites (N-methyl/N-ethyl adjacent to an activating group) is 1. The van der Waals surface area contributed by atoms with E-state index >= 15 is 0 Å². The molecule has 8 aromatic heterocycles. The van der Waals surface area contributed by atoms with Crippen LogP contribution < -0.4 is 5.32 Å². The third kappa shape index (κ3) is 22.1. The number of para-hydroxylation sites is 8. The molecule has 12 aromatic rings. The number of fused-ring (bicyclic) bond motifs is 4. The van der Waals surface area contributed by atoms with Crippen LogP contribution >= 0.6 is 0 Å². The van der Waals surface area contributed by atoms with Crippen molar-refractivity contribution in [2.75, 3.05) is 135 Å². The summed E-state index contributed by atoms with van der Waals surface area (Å²) in [6.07, 6.45) is 31.3. The topological polar surface area (TPSA) is 170 Å². The fourth-order valence-electron chi connectivity index (χ4n) is 21.2. The van der Waals surface area contributed by atoms with Gasteiger partial charge in [0.1, 0.15) is 23.3 Å². The number of aromatic nitrogens is 12. The largest absolute Gasteiger partial charge is 0.379 e. The Balaban J connectivity index is 0.000000130. The predicted molar refractivity (Wildman–Crippen MR) is 514 cm³/mol. The van der Waals surface area contributed by atoms with Gasteiger partial charge in [0.15, 0.2) is 0 Å². The van der Waals surface area contributed by atoms with Gasteiger partial charge >= 0.3 is 0 Å². The first-order chi connectivity index (χ1) is 61.6. The number of likely N-dealkylation sites (tertiary alicyclic amines) is 4. The monoisotopic (exact) mass is 1700 g/mol. The number of nitrogens with one attached hydrogen (secondary N) is 1. The third-order valence-corrected chi connectivity index (χ3v) is 28.4. The average Bonchev–Trinajstić information content (AvgIpc) is 1.62. The molecule has 1 N–H and O–H groups in total. The van der Waals surface area contributed by atoms with Crippen molar-refractivity contribution in [2.24, 2.45) is 0 Å². The number of morpholine rings is 1. The van der Waals surface area contributed by atoms with E-state index in [1.807, 2.05) is 56.1 Å². The Morgan fingerprint density at radius 3 is 0.905 bits per heavy atom. The van der Waals surface area contributed by atoms with E-state index in [4.69, 9.17) is 44.6 Å². The van der Waals surface area contributed by atoms with Crippen LogP contribution in [0.2, 0.25) is 0 Å². The highest BCUT2D eigenvalue weighted by molar-refractivity contribution is 5.78. The van der Waals surface area contributed by atoms with Gasteiger partial charge in [0.05, 0.1) is 128 Å². The van der Waals surface area contributed by atoms with Crippen LogP contribution in [0.15, 0.2) is 170 Å². The number of rotatable bonds is 28. The quantitative estimate of drug-likeness (QED) is 0.0459. The fraction of sp³-hybridized carbons (Fsp3) is 0.538. The minimum absolute atomic E-state index is 0.316. The number of piperidine rings is 4. The Labute approximate surface area is 751 Å². The molecule has 0 amide bonds. The van der Waals surface area contributed by atoms with Gasteiger partial charge in [0.2, 0.25) is 0 Å². The first-order valence-corrected chi connectivity index (χ1v) is 47.9. The maximum atomic E-state index is 5.49. The van der Waals surface area contributed by atoms with E-state index in [-0.39, 0.29) is 0 Å². The lowest BCUT2D eigenvalue weighted by Crippen LogP contribution is -2.44. The van der Waals surface area contributed by atoms with Crippen molar-refractivity contribution < 1.29 is 4.74 Å². The molecule has 14 heterocycles. The fourth-order valence-corrected chi connectivity index (χ4v) is 21.2.